The molecule has 1 amide bonds. The molecule has 4 rings (SSSR count). The average Bonchev–Trinajstić information content (AvgIpc) is 3.25. The summed E-state index contributed by atoms with van der Waals surface area (Å²) in [5.41, 5.74) is 3.47. The number of nitrogens with zero attached hydrogens (tertiary/aromatic N) is 3. The lowest BCUT2D eigenvalue weighted by atomic mass is 10.1. The summed E-state index contributed by atoms with van der Waals surface area (Å²) in [4.78, 5) is 16.5. The Morgan fingerprint density at radius 3 is 2.55 bits per heavy atom. The van der Waals surface area contributed by atoms with Crippen LogP contribution < -0.4 is 10.6 Å². The lowest BCUT2D eigenvalue weighted by molar-refractivity contribution is -0.121. The van der Waals surface area contributed by atoms with Crippen LogP contribution in [0.3, 0.4) is 0 Å². The Bertz CT molecular complexity index is 1260. The number of aromatic nitrogens is 3. The SMILES string of the molecule is CCCC(=O)NCc1ccc(CNc2cc(-c3ccccc3O)nc3c(SF)cnn23)cc1. The molecule has 3 N–H and O–H groups in total. The van der Waals surface area contributed by atoms with E-state index >= 15 is 0 Å². The minimum atomic E-state index is 0.0511. The Hall–Kier alpha value is -3.59. The summed E-state index contributed by atoms with van der Waals surface area (Å²) in [5, 5.41) is 20.8. The number of hydrogen-bond donors (Lipinski definition) is 3. The molecule has 0 saturated carbocycles. The predicted molar refractivity (Wildman–Crippen MR) is 128 cm³/mol. The molecular weight excluding hydrogens is 441 g/mol. The van der Waals surface area contributed by atoms with E-state index < -0.39 is 0 Å². The number of anilines is 1. The van der Waals surface area contributed by atoms with E-state index in [9.17, 15) is 13.8 Å². The Balaban J connectivity index is 1.54. The number of halogens is 1. The molecule has 0 unspecified atom stereocenters. The third kappa shape index (κ3) is 5.25. The highest BCUT2D eigenvalue weighted by atomic mass is 32.2. The van der Waals surface area contributed by atoms with Crippen molar-refractivity contribution in [3.05, 3.63) is 71.9 Å². The van der Waals surface area contributed by atoms with Gasteiger partial charge in [-0.3, -0.25) is 4.79 Å². The molecule has 0 aliphatic heterocycles. The van der Waals surface area contributed by atoms with Gasteiger partial charge in [-0.25, -0.2) is 4.98 Å². The predicted octanol–water partition coefficient (Wildman–Crippen LogP) is 5.11. The van der Waals surface area contributed by atoms with Crippen LogP contribution in [0, 0.1) is 0 Å². The van der Waals surface area contributed by atoms with Crippen molar-refractivity contribution in [3.8, 4) is 17.0 Å². The molecule has 170 valence electrons. The van der Waals surface area contributed by atoms with Gasteiger partial charge in [-0.2, -0.15) is 13.5 Å². The van der Waals surface area contributed by atoms with Gasteiger partial charge < -0.3 is 15.7 Å². The number of aromatic hydroxyl groups is 1. The van der Waals surface area contributed by atoms with E-state index in [1.54, 1.807) is 28.8 Å². The first-order valence-electron chi connectivity index (χ1n) is 10.6. The average molecular weight is 466 g/mol. The number of rotatable bonds is 9. The molecule has 0 atom stereocenters. The number of amides is 1. The molecule has 0 aliphatic carbocycles. The molecule has 2 aromatic carbocycles. The van der Waals surface area contributed by atoms with Gasteiger partial charge in [-0.15, -0.1) is 0 Å². The fraction of sp³-hybridized carbons (Fsp3) is 0.208. The van der Waals surface area contributed by atoms with Crippen LogP contribution in [0.1, 0.15) is 30.9 Å². The standard InChI is InChI=1S/C24H24FN5O2S/c1-2-5-23(32)27-14-17-10-8-16(9-11-17)13-26-22-12-19(18-6-3-4-7-20(18)31)29-24-21(33-25)15-28-30(22)24/h3-4,6-12,15,26,31H,2,5,13-14H2,1H3,(H,27,32). The maximum Gasteiger partial charge on any atom is 0.220 e. The second-order valence-corrected chi connectivity index (χ2v) is 8.16. The Labute approximate surface area is 195 Å². The summed E-state index contributed by atoms with van der Waals surface area (Å²) < 4.78 is 15.0. The van der Waals surface area contributed by atoms with Crippen LogP contribution in [0.5, 0.6) is 5.75 Å². The number of benzene rings is 2. The molecule has 0 spiro atoms. The van der Waals surface area contributed by atoms with Crippen molar-refractivity contribution in [2.45, 2.75) is 37.8 Å². The number of hydrogen-bond acceptors (Lipinski definition) is 6. The summed E-state index contributed by atoms with van der Waals surface area (Å²) in [6.07, 6.45) is 2.78. The van der Waals surface area contributed by atoms with Crippen LogP contribution in [0.2, 0.25) is 0 Å². The molecule has 2 heterocycles. The Morgan fingerprint density at radius 2 is 1.85 bits per heavy atom. The lowest BCUT2D eigenvalue weighted by Crippen LogP contribution is -2.22. The van der Waals surface area contributed by atoms with E-state index in [-0.39, 0.29) is 23.8 Å². The molecule has 9 heteroatoms. The highest BCUT2D eigenvalue weighted by Gasteiger charge is 2.15. The van der Waals surface area contributed by atoms with Gasteiger partial charge >= 0.3 is 0 Å². The zero-order valence-corrected chi connectivity index (χ0v) is 18.9. The fourth-order valence-electron chi connectivity index (χ4n) is 3.43. The minimum absolute atomic E-state index is 0.0511. The fourth-order valence-corrected chi connectivity index (χ4v) is 3.72. The van der Waals surface area contributed by atoms with E-state index in [4.69, 9.17) is 0 Å². The summed E-state index contributed by atoms with van der Waals surface area (Å²) in [6.45, 7) is 2.97. The van der Waals surface area contributed by atoms with Crippen molar-refractivity contribution in [3.63, 3.8) is 0 Å². The lowest BCUT2D eigenvalue weighted by Gasteiger charge is -2.12. The largest absolute Gasteiger partial charge is 0.507 e. The monoisotopic (exact) mass is 465 g/mol. The summed E-state index contributed by atoms with van der Waals surface area (Å²) in [7, 11) is 0. The zero-order chi connectivity index (χ0) is 23.2. The molecule has 0 saturated heterocycles. The smallest absolute Gasteiger partial charge is 0.220 e. The molecule has 0 aliphatic rings. The molecule has 0 radical (unpaired) electrons. The summed E-state index contributed by atoms with van der Waals surface area (Å²) in [6, 6.07) is 16.6. The molecular formula is C24H24FN5O2S. The van der Waals surface area contributed by atoms with Gasteiger partial charge in [0.1, 0.15) is 16.5 Å². The van der Waals surface area contributed by atoms with Crippen LogP contribution in [0.25, 0.3) is 16.9 Å². The highest BCUT2D eigenvalue weighted by molar-refractivity contribution is 7.94. The first-order chi connectivity index (χ1) is 16.1. The molecule has 4 aromatic rings. The van der Waals surface area contributed by atoms with Crippen molar-refractivity contribution in [1.82, 2.24) is 19.9 Å². The van der Waals surface area contributed by atoms with Gasteiger partial charge in [0.2, 0.25) is 5.91 Å². The van der Waals surface area contributed by atoms with E-state index in [1.807, 2.05) is 37.3 Å². The third-order valence-corrected chi connectivity index (χ3v) is 5.62. The third-order valence-electron chi connectivity index (χ3n) is 5.17. The zero-order valence-electron chi connectivity index (χ0n) is 18.1. The normalized spacial score (nSPS) is 11.0. The van der Waals surface area contributed by atoms with Crippen LogP contribution >= 0.6 is 12.1 Å². The topological polar surface area (TPSA) is 91.5 Å². The number of carbonyl (C=O) groups is 1. The quantitative estimate of drug-likeness (QED) is 0.318. The molecule has 0 fully saturated rings. The van der Waals surface area contributed by atoms with Gasteiger partial charge in [-0.05, 0) is 29.7 Å². The van der Waals surface area contributed by atoms with E-state index in [0.717, 1.165) is 17.5 Å². The number of phenolic OH excluding ortho intramolecular Hbond substituents is 1. The van der Waals surface area contributed by atoms with Crippen molar-refractivity contribution in [1.29, 1.82) is 0 Å². The molecule has 33 heavy (non-hydrogen) atoms. The van der Waals surface area contributed by atoms with E-state index in [2.05, 4.69) is 20.7 Å². The minimum Gasteiger partial charge on any atom is -0.507 e. The van der Waals surface area contributed by atoms with E-state index in [1.165, 1.54) is 6.20 Å². The van der Waals surface area contributed by atoms with Gasteiger partial charge in [0.05, 0.1) is 24.0 Å². The van der Waals surface area contributed by atoms with Crippen molar-refractivity contribution < 1.29 is 13.8 Å². The molecule has 7 nitrogen and oxygen atoms in total. The second kappa shape index (κ2) is 10.4. The number of carbonyl (C=O) groups excluding carboxylic acids is 1. The molecule has 0 bridgehead atoms. The van der Waals surface area contributed by atoms with Crippen LogP contribution in [0.4, 0.5) is 9.70 Å². The van der Waals surface area contributed by atoms with Gasteiger partial charge in [-0.1, -0.05) is 43.3 Å². The second-order valence-electron chi connectivity index (χ2n) is 7.56. The van der Waals surface area contributed by atoms with Crippen LogP contribution in [-0.2, 0) is 17.9 Å². The van der Waals surface area contributed by atoms with Gasteiger partial charge in [0, 0.05) is 31.1 Å². The summed E-state index contributed by atoms with van der Waals surface area (Å²) in [5.74, 6) is 0.764. The molecule has 2 aromatic heterocycles. The van der Waals surface area contributed by atoms with Crippen molar-refractivity contribution in [2.24, 2.45) is 0 Å². The number of fused-ring (bicyclic) bond motifs is 1. The van der Waals surface area contributed by atoms with E-state index in [0.29, 0.717) is 47.1 Å². The summed E-state index contributed by atoms with van der Waals surface area (Å²) >= 11 is 0.0813. The maximum absolute atomic E-state index is 13.4. The Kier molecular flexibility index (Phi) is 7.09. The highest BCUT2D eigenvalue weighted by Crippen LogP contribution is 2.32. The van der Waals surface area contributed by atoms with Crippen molar-refractivity contribution >= 4 is 29.5 Å². The first kappa shape index (κ1) is 22.6. The number of para-hydroxylation sites is 1. The first-order valence-corrected chi connectivity index (χ1v) is 11.3. The maximum atomic E-state index is 13.4. The van der Waals surface area contributed by atoms with Gasteiger partial charge in [0.25, 0.3) is 0 Å². The van der Waals surface area contributed by atoms with Crippen LogP contribution in [0.15, 0.2) is 65.7 Å². The van der Waals surface area contributed by atoms with Crippen molar-refractivity contribution in [2.75, 3.05) is 5.32 Å². The van der Waals surface area contributed by atoms with Crippen LogP contribution in [-0.4, -0.2) is 25.6 Å². The number of nitrogens with one attached hydrogen (secondary N) is 2. The Morgan fingerprint density at radius 1 is 1.12 bits per heavy atom. The van der Waals surface area contributed by atoms with Gasteiger partial charge in [0.15, 0.2) is 5.65 Å². The number of phenols is 1.